The number of rotatable bonds is 4. The molecular formula is C11H12N2O2S. The van der Waals surface area contributed by atoms with Crippen LogP contribution in [0.15, 0.2) is 29.8 Å². The van der Waals surface area contributed by atoms with E-state index >= 15 is 0 Å². The zero-order chi connectivity index (χ0) is 11.4. The maximum absolute atomic E-state index is 9.65. The van der Waals surface area contributed by atoms with E-state index in [-0.39, 0.29) is 5.75 Å². The Morgan fingerprint density at radius 3 is 3.06 bits per heavy atom. The van der Waals surface area contributed by atoms with Crippen molar-refractivity contribution < 1.29 is 9.84 Å². The van der Waals surface area contributed by atoms with Gasteiger partial charge in [0.1, 0.15) is 11.5 Å². The Bertz CT molecular complexity index is 457. The molecule has 1 aromatic carbocycles. The van der Waals surface area contributed by atoms with Gasteiger partial charge in [-0.05, 0) is 18.2 Å². The standard InChI is InChI=1S/C11H12N2O2S/c1-15-9-2-3-10(14)8(6-9)7-13-11-12-4-5-16-11/h2-6,14H,7H2,1H3,(H,12,13). The first kappa shape index (κ1) is 10.8. The monoisotopic (exact) mass is 236 g/mol. The van der Waals surface area contributed by atoms with Crippen LogP contribution in [-0.4, -0.2) is 17.2 Å². The lowest BCUT2D eigenvalue weighted by molar-refractivity contribution is 0.411. The number of aromatic hydroxyl groups is 1. The average molecular weight is 236 g/mol. The van der Waals surface area contributed by atoms with Gasteiger partial charge in [0.2, 0.25) is 0 Å². The summed E-state index contributed by atoms with van der Waals surface area (Å²) in [5.41, 5.74) is 0.787. The number of phenolic OH excluding ortho intramolecular Hbond substituents is 1. The van der Waals surface area contributed by atoms with E-state index in [0.29, 0.717) is 6.54 Å². The number of nitrogens with one attached hydrogen (secondary N) is 1. The van der Waals surface area contributed by atoms with Crippen LogP contribution >= 0.6 is 11.3 Å². The number of hydrogen-bond donors (Lipinski definition) is 2. The SMILES string of the molecule is COc1ccc(O)c(CNc2nccs2)c1. The van der Waals surface area contributed by atoms with E-state index in [1.807, 2.05) is 5.38 Å². The fourth-order valence-corrected chi connectivity index (χ4v) is 1.84. The van der Waals surface area contributed by atoms with E-state index in [2.05, 4.69) is 10.3 Å². The number of anilines is 1. The zero-order valence-electron chi connectivity index (χ0n) is 8.80. The van der Waals surface area contributed by atoms with Crippen LogP contribution in [0.25, 0.3) is 0 Å². The molecule has 16 heavy (non-hydrogen) atoms. The maximum atomic E-state index is 9.65. The second-order valence-corrected chi connectivity index (χ2v) is 4.08. The molecule has 0 aliphatic rings. The molecule has 0 bridgehead atoms. The molecule has 0 saturated carbocycles. The van der Waals surface area contributed by atoms with Gasteiger partial charge in [0, 0.05) is 23.7 Å². The van der Waals surface area contributed by atoms with Crippen molar-refractivity contribution in [1.29, 1.82) is 0 Å². The first-order valence-electron chi connectivity index (χ1n) is 4.79. The van der Waals surface area contributed by atoms with E-state index in [1.165, 1.54) is 11.3 Å². The van der Waals surface area contributed by atoms with Gasteiger partial charge in [-0.1, -0.05) is 0 Å². The molecule has 4 nitrogen and oxygen atoms in total. The number of phenols is 1. The summed E-state index contributed by atoms with van der Waals surface area (Å²) in [4.78, 5) is 4.10. The lowest BCUT2D eigenvalue weighted by Gasteiger charge is -2.07. The van der Waals surface area contributed by atoms with Crippen molar-refractivity contribution in [2.24, 2.45) is 0 Å². The molecule has 0 spiro atoms. The van der Waals surface area contributed by atoms with Crippen molar-refractivity contribution in [3.8, 4) is 11.5 Å². The number of methoxy groups -OCH3 is 1. The Morgan fingerprint density at radius 2 is 2.38 bits per heavy atom. The van der Waals surface area contributed by atoms with Crippen molar-refractivity contribution in [2.75, 3.05) is 12.4 Å². The normalized spacial score (nSPS) is 10.1. The van der Waals surface area contributed by atoms with Gasteiger partial charge in [-0.2, -0.15) is 0 Å². The summed E-state index contributed by atoms with van der Waals surface area (Å²) >= 11 is 1.52. The highest BCUT2D eigenvalue weighted by molar-refractivity contribution is 7.13. The quantitative estimate of drug-likeness (QED) is 0.856. The molecule has 0 saturated heterocycles. The van der Waals surface area contributed by atoms with Crippen LogP contribution < -0.4 is 10.1 Å². The van der Waals surface area contributed by atoms with Crippen molar-refractivity contribution in [2.45, 2.75) is 6.54 Å². The van der Waals surface area contributed by atoms with Gasteiger partial charge in [-0.3, -0.25) is 0 Å². The topological polar surface area (TPSA) is 54.4 Å². The lowest BCUT2D eigenvalue weighted by atomic mass is 10.2. The average Bonchev–Trinajstić information content (AvgIpc) is 2.81. The third-order valence-corrected chi connectivity index (χ3v) is 2.88. The molecule has 2 aromatic rings. The Morgan fingerprint density at radius 1 is 1.50 bits per heavy atom. The van der Waals surface area contributed by atoms with Gasteiger partial charge < -0.3 is 15.2 Å². The molecule has 84 valence electrons. The van der Waals surface area contributed by atoms with Crippen molar-refractivity contribution in [3.63, 3.8) is 0 Å². The van der Waals surface area contributed by atoms with Crippen LogP contribution in [0.2, 0.25) is 0 Å². The van der Waals surface area contributed by atoms with E-state index in [0.717, 1.165) is 16.4 Å². The maximum Gasteiger partial charge on any atom is 0.182 e. The van der Waals surface area contributed by atoms with Gasteiger partial charge in [-0.15, -0.1) is 11.3 Å². The molecule has 1 heterocycles. The van der Waals surface area contributed by atoms with E-state index < -0.39 is 0 Å². The second-order valence-electron chi connectivity index (χ2n) is 3.19. The highest BCUT2D eigenvalue weighted by atomic mass is 32.1. The molecule has 0 unspecified atom stereocenters. The van der Waals surface area contributed by atoms with Gasteiger partial charge >= 0.3 is 0 Å². The van der Waals surface area contributed by atoms with Crippen LogP contribution in [0, 0.1) is 0 Å². The molecule has 2 rings (SSSR count). The van der Waals surface area contributed by atoms with E-state index in [4.69, 9.17) is 4.74 Å². The fourth-order valence-electron chi connectivity index (χ4n) is 1.31. The summed E-state index contributed by atoms with van der Waals surface area (Å²) in [5.74, 6) is 0.985. The van der Waals surface area contributed by atoms with Crippen LogP contribution in [0.1, 0.15) is 5.56 Å². The Hall–Kier alpha value is -1.75. The molecular weight excluding hydrogens is 224 g/mol. The second kappa shape index (κ2) is 4.85. The third-order valence-electron chi connectivity index (χ3n) is 2.15. The van der Waals surface area contributed by atoms with Crippen LogP contribution in [0.5, 0.6) is 11.5 Å². The van der Waals surface area contributed by atoms with E-state index in [1.54, 1.807) is 31.5 Å². The predicted octanol–water partition coefficient (Wildman–Crippen LogP) is 2.47. The Kier molecular flexibility index (Phi) is 3.26. The first-order chi connectivity index (χ1) is 7.79. The predicted molar refractivity (Wildman–Crippen MR) is 64.1 cm³/mol. The Balaban J connectivity index is 2.08. The number of benzene rings is 1. The molecule has 2 N–H and O–H groups in total. The number of ether oxygens (including phenoxy) is 1. The van der Waals surface area contributed by atoms with Crippen molar-refractivity contribution in [3.05, 3.63) is 35.3 Å². The largest absolute Gasteiger partial charge is 0.508 e. The molecule has 0 radical (unpaired) electrons. The van der Waals surface area contributed by atoms with Crippen molar-refractivity contribution in [1.82, 2.24) is 4.98 Å². The molecule has 0 aliphatic heterocycles. The summed E-state index contributed by atoms with van der Waals surface area (Å²) < 4.78 is 5.09. The number of thiazole rings is 1. The summed E-state index contributed by atoms with van der Waals surface area (Å²) in [6, 6.07) is 5.15. The fraction of sp³-hybridized carbons (Fsp3) is 0.182. The number of nitrogens with zero attached hydrogens (tertiary/aromatic N) is 1. The summed E-state index contributed by atoms with van der Waals surface area (Å²) in [6.45, 7) is 0.524. The lowest BCUT2D eigenvalue weighted by Crippen LogP contribution is -1.99. The highest BCUT2D eigenvalue weighted by Gasteiger charge is 2.03. The summed E-state index contributed by atoms with van der Waals surface area (Å²) in [7, 11) is 1.60. The van der Waals surface area contributed by atoms with Gasteiger partial charge in [0.15, 0.2) is 5.13 Å². The van der Waals surface area contributed by atoms with Gasteiger partial charge in [-0.25, -0.2) is 4.98 Å². The van der Waals surface area contributed by atoms with Crippen molar-refractivity contribution >= 4 is 16.5 Å². The van der Waals surface area contributed by atoms with Crippen LogP contribution in [-0.2, 0) is 6.54 Å². The molecule has 0 atom stereocenters. The molecule has 0 amide bonds. The minimum atomic E-state index is 0.254. The van der Waals surface area contributed by atoms with Crippen LogP contribution in [0.3, 0.4) is 0 Å². The first-order valence-corrected chi connectivity index (χ1v) is 5.67. The third kappa shape index (κ3) is 2.43. The van der Waals surface area contributed by atoms with Gasteiger partial charge in [0.05, 0.1) is 7.11 Å². The Labute approximate surface area is 97.5 Å². The molecule has 0 fully saturated rings. The number of aromatic nitrogens is 1. The minimum absolute atomic E-state index is 0.254. The zero-order valence-corrected chi connectivity index (χ0v) is 9.62. The van der Waals surface area contributed by atoms with Gasteiger partial charge in [0.25, 0.3) is 0 Å². The van der Waals surface area contributed by atoms with E-state index in [9.17, 15) is 5.11 Å². The highest BCUT2D eigenvalue weighted by Crippen LogP contribution is 2.24. The number of hydrogen-bond acceptors (Lipinski definition) is 5. The van der Waals surface area contributed by atoms with Crippen LogP contribution in [0.4, 0.5) is 5.13 Å². The smallest absolute Gasteiger partial charge is 0.182 e. The summed E-state index contributed by atoms with van der Waals surface area (Å²) in [6.07, 6.45) is 1.73. The minimum Gasteiger partial charge on any atom is -0.508 e. The summed E-state index contributed by atoms with van der Waals surface area (Å²) in [5, 5.41) is 15.5. The molecule has 1 aromatic heterocycles. The molecule has 0 aliphatic carbocycles. The molecule has 5 heteroatoms.